The van der Waals surface area contributed by atoms with E-state index in [0.717, 1.165) is 64.6 Å². The summed E-state index contributed by atoms with van der Waals surface area (Å²) in [4.78, 5) is 99.6. The lowest BCUT2D eigenvalue weighted by molar-refractivity contribution is 0.0400. The Morgan fingerprint density at radius 1 is 0.224 bits per heavy atom. The summed E-state index contributed by atoms with van der Waals surface area (Å²) in [5, 5.41) is 11.9. The zero-order valence-corrected chi connectivity index (χ0v) is 44.1. The number of ether oxygens (including phenoxy) is 1. The molecule has 85 heavy (non-hydrogen) atoms. The second kappa shape index (κ2) is 17.6. The Morgan fingerprint density at radius 2 is 0.424 bits per heavy atom. The summed E-state index contributed by atoms with van der Waals surface area (Å²) in [7, 11) is 0. The number of benzene rings is 8. The fraction of sp³-hybridized carbons (Fsp3) is 0. The maximum Gasteiger partial charge on any atom is 0.346 e. The molecule has 19 nitrogen and oxygen atoms in total. The van der Waals surface area contributed by atoms with Crippen molar-refractivity contribution in [2.45, 2.75) is 0 Å². The van der Waals surface area contributed by atoms with Crippen LogP contribution in [0.1, 0.15) is 20.7 Å². The van der Waals surface area contributed by atoms with Crippen molar-refractivity contribution in [2.75, 3.05) is 0 Å². The number of hydrogen-bond donors (Lipinski definition) is 8. The van der Waals surface area contributed by atoms with E-state index in [1.807, 2.05) is 158 Å². The molecule has 0 unspecified atom stereocenters. The highest BCUT2D eigenvalue weighted by molar-refractivity contribution is 6.18. The van der Waals surface area contributed by atoms with Crippen LogP contribution < -0.4 is 43.9 Å². The summed E-state index contributed by atoms with van der Waals surface area (Å²) in [5.41, 5.74) is 4.37. The van der Waals surface area contributed by atoms with Gasteiger partial charge in [0.2, 0.25) is 0 Å². The maximum absolute atomic E-state index is 15.1. The second-order valence-corrected chi connectivity index (χ2v) is 20.9. The van der Waals surface area contributed by atoms with Gasteiger partial charge in [-0.15, -0.1) is 0 Å². The van der Waals surface area contributed by atoms with Gasteiger partial charge in [-0.25, -0.2) is 49.5 Å². The Labute approximate surface area is 473 Å². The van der Waals surface area contributed by atoms with Crippen molar-refractivity contribution in [2.24, 2.45) is 39.9 Å². The zero-order chi connectivity index (χ0) is 56.0. The molecule has 0 amide bonds. The molecule has 0 spiro atoms. The molecular formula is C66H38N16O3. The molecule has 8 aromatic heterocycles. The number of aromatic nitrogens is 8. The van der Waals surface area contributed by atoms with Gasteiger partial charge in [0.1, 0.15) is 90.4 Å². The highest BCUT2D eigenvalue weighted by Crippen LogP contribution is 2.40. The number of H-pyrrole nitrogens is 8. The van der Waals surface area contributed by atoms with Gasteiger partial charge in [-0.2, -0.15) is 0 Å². The van der Waals surface area contributed by atoms with E-state index in [0.29, 0.717) is 100 Å². The molecule has 2 aliphatic rings. The Bertz CT molecular complexity index is 5830. The van der Waals surface area contributed by atoms with Crippen molar-refractivity contribution in [1.82, 2.24) is 39.9 Å². The van der Waals surface area contributed by atoms with Gasteiger partial charge in [0.15, 0.2) is 0 Å². The molecular weight excluding hydrogens is 1060 g/mol. The Kier molecular flexibility index (Phi) is 9.58. The fourth-order valence-corrected chi connectivity index (χ4v) is 12.2. The van der Waals surface area contributed by atoms with Gasteiger partial charge in [-0.05, 0) is 12.1 Å². The number of carbonyl (C=O) groups excluding carboxylic acids is 2. The van der Waals surface area contributed by atoms with Gasteiger partial charge in [0.05, 0.1) is 11.1 Å². The molecule has 0 saturated heterocycles. The lowest BCUT2D eigenvalue weighted by Crippen LogP contribution is -2.14. The Balaban J connectivity index is 0.831. The highest BCUT2D eigenvalue weighted by atomic mass is 16.6. The predicted molar refractivity (Wildman–Crippen MR) is 323 cm³/mol. The summed E-state index contributed by atoms with van der Waals surface area (Å²) in [6, 6.07) is 57.7. The number of aromatic amines is 8. The molecule has 8 aromatic carbocycles. The van der Waals surface area contributed by atoms with Crippen molar-refractivity contribution in [3.05, 3.63) is 237 Å². The smallest absolute Gasteiger partial charge is 0.346 e. The van der Waals surface area contributed by atoms with Gasteiger partial charge in [-0.1, -0.05) is 170 Å². The summed E-state index contributed by atoms with van der Waals surface area (Å²) >= 11 is 0. The SMILES string of the molecule is O=C(OC(=O)c1cccc2c3[nH]c(c12)N=c1[nH]c(c2ccccc12)=Nc1[nH]c(c2ccccc12)N=c1[nH]c(c2ccccc12)=N3)c1cccc2c3[nH]c(c12)N=c1[nH]c(c2ccccc12)=Nc1[nH]c(c2ccccc12)N=c1[nH]c(c2ccccc12)=N3. The van der Waals surface area contributed by atoms with E-state index in [1.165, 1.54) is 0 Å². The van der Waals surface area contributed by atoms with Gasteiger partial charge < -0.3 is 44.6 Å². The quantitative estimate of drug-likeness (QED) is 0.0621. The van der Waals surface area contributed by atoms with Gasteiger partial charge >= 0.3 is 11.9 Å². The van der Waals surface area contributed by atoms with Crippen molar-refractivity contribution < 1.29 is 14.3 Å². The summed E-state index contributed by atoms with van der Waals surface area (Å²) < 4.78 is 6.04. The normalized spacial score (nSPS) is 12.8. The van der Waals surface area contributed by atoms with Crippen LogP contribution in [0.5, 0.6) is 0 Å². The van der Waals surface area contributed by atoms with Crippen LogP contribution in [0.3, 0.4) is 0 Å². The van der Waals surface area contributed by atoms with Crippen LogP contribution in [0.4, 0.5) is 46.5 Å². The molecule has 16 bridgehead atoms. The molecule has 0 fully saturated rings. The van der Waals surface area contributed by atoms with E-state index in [-0.39, 0.29) is 22.8 Å². The third kappa shape index (κ3) is 7.07. The summed E-state index contributed by atoms with van der Waals surface area (Å²) in [5.74, 6) is 1.96. The minimum atomic E-state index is -0.923. The second-order valence-electron chi connectivity index (χ2n) is 20.9. The lowest BCUT2D eigenvalue weighted by atomic mass is 10.1. The van der Waals surface area contributed by atoms with Crippen LogP contribution >= 0.6 is 0 Å². The summed E-state index contributed by atoms with van der Waals surface area (Å²) in [6.07, 6.45) is 0. The topological polar surface area (TPSA) is 269 Å². The number of fused-ring (bicyclic) bond motifs is 40. The molecule has 19 heteroatoms. The molecule has 0 aliphatic carbocycles. The van der Waals surface area contributed by atoms with E-state index < -0.39 is 11.9 Å². The van der Waals surface area contributed by atoms with Gasteiger partial charge in [0, 0.05) is 86.2 Å². The van der Waals surface area contributed by atoms with Crippen molar-refractivity contribution in [3.8, 4) is 0 Å². The van der Waals surface area contributed by atoms with Crippen LogP contribution in [0.15, 0.2) is 222 Å². The third-order valence-corrected chi connectivity index (χ3v) is 16.0. The standard InChI is InChI=1S/C66H38N16O3/c83-65(45-29-13-27-43-47(45)63-79-59-41-25-11-9-23-39(41)55(75-59)71-51-33-17-3-1-15-31(33)49(67-51)69-53-35-19-5-7-21-37(35)57(73-53)77-61(43)81-63)85-66(84)46-30-14-28-44-48(46)64-80-60-42-26-12-10-24-40(42)56(76-60)72-52-34-18-4-2-16-32(34)50(68-52)70-54-36-20-6-8-22-38(36)58(74-54)78-62(44)82-64/h1-30H,(H4,67,69,71,73,75,77,79,81)(H4,68,70,72,74,76,78,80,82). The monoisotopic (exact) mass is 1100 g/mol. The molecule has 8 N–H and O–H groups in total. The van der Waals surface area contributed by atoms with Crippen LogP contribution in [-0.4, -0.2) is 51.8 Å². The molecule has 0 saturated carbocycles. The van der Waals surface area contributed by atoms with Crippen molar-refractivity contribution in [1.29, 1.82) is 0 Å². The number of nitrogens with zero attached hydrogens (tertiary/aromatic N) is 8. The minimum Gasteiger partial charge on any atom is -0.386 e. The lowest BCUT2D eigenvalue weighted by Gasteiger charge is -2.07. The first kappa shape index (κ1) is 46.4. The van der Waals surface area contributed by atoms with Crippen LogP contribution in [0.25, 0.3) is 86.2 Å². The summed E-state index contributed by atoms with van der Waals surface area (Å²) in [6.45, 7) is 0. The van der Waals surface area contributed by atoms with Crippen molar-refractivity contribution in [3.63, 3.8) is 0 Å². The largest absolute Gasteiger partial charge is 0.386 e. The number of carbonyl (C=O) groups is 2. The number of nitrogens with one attached hydrogen (secondary N) is 8. The van der Waals surface area contributed by atoms with Crippen molar-refractivity contribution >= 4 is 145 Å². The molecule has 400 valence electrons. The van der Waals surface area contributed by atoms with E-state index >= 15 is 9.59 Å². The molecule has 0 atom stereocenters. The highest BCUT2D eigenvalue weighted by Gasteiger charge is 2.26. The molecule has 18 rings (SSSR count). The average molecular weight is 1100 g/mol. The molecule has 2 aliphatic heterocycles. The number of hydrogen-bond acceptors (Lipinski definition) is 11. The minimum absolute atomic E-state index is 0.0631. The zero-order valence-electron chi connectivity index (χ0n) is 44.1. The molecule has 0 radical (unpaired) electrons. The van der Waals surface area contributed by atoms with Crippen LogP contribution in [0, 0.1) is 0 Å². The number of esters is 2. The predicted octanol–water partition coefficient (Wildman–Crippen LogP) is 10.8. The van der Waals surface area contributed by atoms with Gasteiger partial charge in [-0.3, -0.25) is 0 Å². The first-order valence-corrected chi connectivity index (χ1v) is 27.3. The maximum atomic E-state index is 15.1. The first-order chi connectivity index (χ1) is 41.9. The average Bonchev–Trinajstić information content (AvgIpc) is 2.94. The van der Waals surface area contributed by atoms with E-state index in [2.05, 4.69) is 39.9 Å². The van der Waals surface area contributed by atoms with Crippen LogP contribution in [0.2, 0.25) is 0 Å². The van der Waals surface area contributed by atoms with Gasteiger partial charge in [0.25, 0.3) is 0 Å². The van der Waals surface area contributed by atoms with E-state index in [9.17, 15) is 0 Å². The molecule has 16 aromatic rings. The molecule has 10 heterocycles. The first-order valence-electron chi connectivity index (χ1n) is 27.3. The van der Waals surface area contributed by atoms with E-state index in [1.54, 1.807) is 24.3 Å². The third-order valence-electron chi connectivity index (χ3n) is 16.0. The number of rotatable bonds is 2. The van der Waals surface area contributed by atoms with Crippen LogP contribution in [-0.2, 0) is 4.74 Å². The Hall–Kier alpha value is -12.4. The van der Waals surface area contributed by atoms with E-state index in [4.69, 9.17) is 44.7 Å². The fourth-order valence-electron chi connectivity index (χ4n) is 12.2. The Morgan fingerprint density at radius 3 is 0.682 bits per heavy atom.